The molecular formula is C15H16ClN3. The number of anilines is 2. The Morgan fingerprint density at radius 2 is 2.11 bits per heavy atom. The van der Waals surface area contributed by atoms with Crippen LogP contribution in [0.25, 0.3) is 0 Å². The lowest BCUT2D eigenvalue weighted by Crippen LogP contribution is -2.25. The third kappa shape index (κ3) is 2.43. The predicted octanol–water partition coefficient (Wildman–Crippen LogP) is 3.61. The molecule has 98 valence electrons. The van der Waals surface area contributed by atoms with E-state index in [-0.39, 0.29) is 0 Å². The molecule has 4 heteroatoms. The lowest BCUT2D eigenvalue weighted by molar-refractivity contribution is 0.750. The summed E-state index contributed by atoms with van der Waals surface area (Å²) in [5.41, 5.74) is 4.77. The second-order valence-electron chi connectivity index (χ2n) is 4.90. The molecule has 0 aliphatic carbocycles. The molecule has 0 unspecified atom stereocenters. The molecule has 2 heterocycles. The summed E-state index contributed by atoms with van der Waals surface area (Å²) >= 11 is 5.75. The van der Waals surface area contributed by atoms with Crippen molar-refractivity contribution in [1.29, 1.82) is 0 Å². The van der Waals surface area contributed by atoms with Crippen LogP contribution < -0.4 is 4.90 Å². The van der Waals surface area contributed by atoms with Crippen molar-refractivity contribution < 1.29 is 0 Å². The second kappa shape index (κ2) is 5.17. The van der Waals surface area contributed by atoms with Gasteiger partial charge in [-0.2, -0.15) is 5.10 Å². The van der Waals surface area contributed by atoms with Gasteiger partial charge in [-0.1, -0.05) is 17.7 Å². The Bertz CT molecular complexity index is 580. The number of hydrogen-bond acceptors (Lipinski definition) is 3. The van der Waals surface area contributed by atoms with E-state index < -0.39 is 0 Å². The molecule has 0 amide bonds. The predicted molar refractivity (Wildman–Crippen MR) is 78.1 cm³/mol. The van der Waals surface area contributed by atoms with E-state index in [1.54, 1.807) is 0 Å². The van der Waals surface area contributed by atoms with Crippen LogP contribution in [0.2, 0.25) is 0 Å². The molecule has 1 aromatic carbocycles. The topological polar surface area (TPSA) is 29.0 Å². The van der Waals surface area contributed by atoms with Crippen molar-refractivity contribution in [3.8, 4) is 0 Å². The van der Waals surface area contributed by atoms with E-state index >= 15 is 0 Å². The van der Waals surface area contributed by atoms with Gasteiger partial charge in [-0.3, -0.25) is 0 Å². The Balaban J connectivity index is 1.98. The summed E-state index contributed by atoms with van der Waals surface area (Å²) in [5.74, 6) is 1.31. The largest absolute Gasteiger partial charge is 0.325 e. The number of hydrogen-bond donors (Lipinski definition) is 0. The zero-order chi connectivity index (χ0) is 13.2. The molecule has 0 saturated heterocycles. The van der Waals surface area contributed by atoms with E-state index in [9.17, 15) is 0 Å². The van der Waals surface area contributed by atoms with Gasteiger partial charge in [0.1, 0.15) is 0 Å². The minimum atomic E-state index is 0.406. The SMILES string of the molecule is Cc1ccc2c(c1)CCCN2c1ccc(CCl)nn1. The van der Waals surface area contributed by atoms with Gasteiger partial charge in [0.15, 0.2) is 5.82 Å². The van der Waals surface area contributed by atoms with E-state index in [1.807, 2.05) is 12.1 Å². The zero-order valence-electron chi connectivity index (χ0n) is 10.9. The van der Waals surface area contributed by atoms with Gasteiger partial charge in [0, 0.05) is 12.2 Å². The minimum Gasteiger partial charge on any atom is -0.325 e. The van der Waals surface area contributed by atoms with Crippen molar-refractivity contribution in [3.63, 3.8) is 0 Å². The summed E-state index contributed by atoms with van der Waals surface area (Å²) in [5, 5.41) is 8.43. The first-order chi connectivity index (χ1) is 9.28. The summed E-state index contributed by atoms with van der Waals surface area (Å²) in [7, 11) is 0. The van der Waals surface area contributed by atoms with Gasteiger partial charge in [-0.25, -0.2) is 0 Å². The van der Waals surface area contributed by atoms with Gasteiger partial charge in [-0.05, 0) is 43.5 Å². The van der Waals surface area contributed by atoms with Crippen molar-refractivity contribution in [2.24, 2.45) is 0 Å². The smallest absolute Gasteiger partial charge is 0.155 e. The Labute approximate surface area is 118 Å². The van der Waals surface area contributed by atoms with Crippen LogP contribution in [0.5, 0.6) is 0 Å². The monoisotopic (exact) mass is 273 g/mol. The minimum absolute atomic E-state index is 0.406. The fraction of sp³-hybridized carbons (Fsp3) is 0.333. The summed E-state index contributed by atoms with van der Waals surface area (Å²) in [6.45, 7) is 3.12. The molecule has 3 nitrogen and oxygen atoms in total. The molecular weight excluding hydrogens is 258 g/mol. The van der Waals surface area contributed by atoms with Crippen molar-refractivity contribution in [2.75, 3.05) is 11.4 Å². The molecule has 1 aliphatic heterocycles. The third-order valence-corrected chi connectivity index (χ3v) is 3.75. The van der Waals surface area contributed by atoms with Crippen molar-refractivity contribution in [1.82, 2.24) is 10.2 Å². The molecule has 19 heavy (non-hydrogen) atoms. The highest BCUT2D eigenvalue weighted by atomic mass is 35.5. The number of halogens is 1. The molecule has 1 aromatic heterocycles. The van der Waals surface area contributed by atoms with Crippen LogP contribution in [0, 0.1) is 6.92 Å². The highest BCUT2D eigenvalue weighted by Gasteiger charge is 2.19. The fourth-order valence-electron chi connectivity index (χ4n) is 2.53. The molecule has 0 spiro atoms. The average molecular weight is 274 g/mol. The molecule has 3 rings (SSSR count). The number of aryl methyl sites for hydroxylation is 2. The number of alkyl halides is 1. The van der Waals surface area contributed by atoms with E-state index in [4.69, 9.17) is 11.6 Å². The highest BCUT2D eigenvalue weighted by Crippen LogP contribution is 2.32. The molecule has 0 radical (unpaired) electrons. The quantitative estimate of drug-likeness (QED) is 0.783. The van der Waals surface area contributed by atoms with Gasteiger partial charge in [-0.15, -0.1) is 16.7 Å². The van der Waals surface area contributed by atoms with Crippen LogP contribution >= 0.6 is 11.6 Å². The van der Waals surface area contributed by atoms with Gasteiger partial charge in [0.2, 0.25) is 0 Å². The molecule has 2 aromatic rings. The van der Waals surface area contributed by atoms with Gasteiger partial charge in [0.25, 0.3) is 0 Å². The molecule has 1 aliphatic rings. The number of benzene rings is 1. The van der Waals surface area contributed by atoms with E-state index in [0.29, 0.717) is 5.88 Å². The lowest BCUT2D eigenvalue weighted by Gasteiger charge is -2.30. The molecule has 0 atom stereocenters. The maximum absolute atomic E-state index is 5.75. The standard InChI is InChI=1S/C15H16ClN3/c1-11-4-6-14-12(9-11)3-2-8-19(14)15-7-5-13(10-16)17-18-15/h4-7,9H,2-3,8,10H2,1H3. The highest BCUT2D eigenvalue weighted by molar-refractivity contribution is 6.16. The Morgan fingerprint density at radius 3 is 2.84 bits per heavy atom. The lowest BCUT2D eigenvalue weighted by atomic mass is 9.99. The van der Waals surface area contributed by atoms with Crippen LogP contribution in [-0.4, -0.2) is 16.7 Å². The number of fused-ring (bicyclic) bond motifs is 1. The zero-order valence-corrected chi connectivity index (χ0v) is 11.7. The summed E-state index contributed by atoms with van der Waals surface area (Å²) < 4.78 is 0. The van der Waals surface area contributed by atoms with E-state index in [0.717, 1.165) is 30.9 Å². The maximum atomic E-state index is 5.75. The summed E-state index contributed by atoms with van der Waals surface area (Å²) in [4.78, 5) is 2.24. The summed E-state index contributed by atoms with van der Waals surface area (Å²) in [6, 6.07) is 10.5. The first-order valence-corrected chi connectivity index (χ1v) is 7.07. The average Bonchev–Trinajstić information content (AvgIpc) is 2.46. The van der Waals surface area contributed by atoms with E-state index in [2.05, 4.69) is 40.2 Å². The number of nitrogens with zero attached hydrogens (tertiary/aromatic N) is 3. The number of rotatable bonds is 2. The van der Waals surface area contributed by atoms with E-state index in [1.165, 1.54) is 16.8 Å². The fourth-order valence-corrected chi connectivity index (χ4v) is 2.67. The number of aromatic nitrogens is 2. The van der Waals surface area contributed by atoms with Crippen LogP contribution in [0.1, 0.15) is 23.2 Å². The van der Waals surface area contributed by atoms with Crippen LogP contribution in [-0.2, 0) is 12.3 Å². The third-order valence-electron chi connectivity index (χ3n) is 3.47. The molecule has 0 saturated carbocycles. The van der Waals surface area contributed by atoms with Crippen molar-refractivity contribution >= 4 is 23.1 Å². The van der Waals surface area contributed by atoms with Crippen molar-refractivity contribution in [2.45, 2.75) is 25.6 Å². The maximum Gasteiger partial charge on any atom is 0.155 e. The first-order valence-electron chi connectivity index (χ1n) is 6.53. The second-order valence-corrected chi connectivity index (χ2v) is 5.17. The van der Waals surface area contributed by atoms with Gasteiger partial charge >= 0.3 is 0 Å². The Kier molecular flexibility index (Phi) is 3.38. The van der Waals surface area contributed by atoms with Crippen LogP contribution in [0.15, 0.2) is 30.3 Å². The van der Waals surface area contributed by atoms with Gasteiger partial charge < -0.3 is 4.90 Å². The van der Waals surface area contributed by atoms with Gasteiger partial charge in [0.05, 0.1) is 11.6 Å². The Morgan fingerprint density at radius 1 is 1.21 bits per heavy atom. The summed E-state index contributed by atoms with van der Waals surface area (Å²) in [6.07, 6.45) is 2.29. The molecule has 0 fully saturated rings. The normalized spacial score (nSPS) is 14.3. The van der Waals surface area contributed by atoms with Crippen molar-refractivity contribution in [3.05, 3.63) is 47.2 Å². The molecule has 0 bridgehead atoms. The first kappa shape index (κ1) is 12.4. The molecule has 0 N–H and O–H groups in total. The Hall–Kier alpha value is -1.61. The van der Waals surface area contributed by atoms with Crippen LogP contribution in [0.4, 0.5) is 11.5 Å². The van der Waals surface area contributed by atoms with Crippen LogP contribution in [0.3, 0.4) is 0 Å².